The first-order valence-corrected chi connectivity index (χ1v) is 8.92. The molecule has 3 aliphatic rings. The van der Waals surface area contributed by atoms with Gasteiger partial charge in [0.05, 0.1) is 13.1 Å². The molecular weight excluding hydrogens is 320 g/mol. The molecule has 1 atom stereocenters. The number of aryl methyl sites for hydroxylation is 2. The van der Waals surface area contributed by atoms with Crippen molar-refractivity contribution in [2.45, 2.75) is 37.8 Å². The third-order valence-corrected chi connectivity index (χ3v) is 5.48. The number of amides is 3. The zero-order valence-electron chi connectivity index (χ0n) is 14.6. The van der Waals surface area contributed by atoms with E-state index in [2.05, 4.69) is 16.4 Å². The van der Waals surface area contributed by atoms with E-state index in [0.29, 0.717) is 26.2 Å². The minimum atomic E-state index is -0.408. The minimum Gasteiger partial charge on any atom is -0.361 e. The molecule has 7 nitrogen and oxygen atoms in total. The fourth-order valence-corrected chi connectivity index (χ4v) is 4.02. The number of nitrogens with zero attached hydrogens (tertiary/aromatic N) is 3. The second kappa shape index (κ2) is 6.29. The number of carbonyl (C=O) groups excluding carboxylic acids is 2. The van der Waals surface area contributed by atoms with Gasteiger partial charge < -0.3 is 19.9 Å². The number of rotatable bonds is 2. The number of likely N-dealkylation sites (tertiary alicyclic amines) is 1. The molecule has 0 bridgehead atoms. The molecule has 1 N–H and O–H groups in total. The van der Waals surface area contributed by atoms with Gasteiger partial charge in [-0.25, -0.2) is 4.79 Å². The predicted octanol–water partition coefficient (Wildman–Crippen LogP) is 0.713. The van der Waals surface area contributed by atoms with Crippen LogP contribution in [-0.2, 0) is 28.9 Å². The van der Waals surface area contributed by atoms with Gasteiger partial charge in [-0.2, -0.15) is 0 Å². The van der Waals surface area contributed by atoms with E-state index < -0.39 is 5.60 Å². The molecule has 4 rings (SSSR count). The van der Waals surface area contributed by atoms with Crippen LogP contribution in [0.25, 0.3) is 0 Å². The van der Waals surface area contributed by atoms with Gasteiger partial charge in [0, 0.05) is 32.0 Å². The molecule has 0 radical (unpaired) electrons. The van der Waals surface area contributed by atoms with Crippen molar-refractivity contribution in [3.05, 3.63) is 29.1 Å². The number of nitrogens with one attached hydrogen (secondary N) is 1. The Hall–Kier alpha value is -2.15. The lowest BCUT2D eigenvalue weighted by atomic mass is 10.0. The summed E-state index contributed by atoms with van der Waals surface area (Å²) in [7, 11) is 1.79. The second-order valence-electron chi connectivity index (χ2n) is 7.35. The molecule has 0 unspecified atom stereocenters. The number of fused-ring (bicyclic) bond motifs is 1. The standard InChI is InChI=1S/C18H24N4O3/c1-21-11-18(25-10-16(21)23)5-6-22(12-18)17(24)20-9-13-7-14-3-2-4-15(14)19-8-13/h7-8H,2-6,9-12H2,1H3,(H,20,24)/t18-/m0/s1. The molecule has 1 spiro atoms. The van der Waals surface area contributed by atoms with Gasteiger partial charge in [-0.05, 0) is 36.8 Å². The highest BCUT2D eigenvalue weighted by Gasteiger charge is 2.45. The average Bonchev–Trinajstić information content (AvgIpc) is 3.23. The van der Waals surface area contributed by atoms with E-state index in [-0.39, 0.29) is 18.5 Å². The molecule has 1 aromatic rings. The Morgan fingerprint density at radius 3 is 3.12 bits per heavy atom. The first-order valence-electron chi connectivity index (χ1n) is 8.92. The molecule has 0 aromatic carbocycles. The molecule has 0 saturated carbocycles. The van der Waals surface area contributed by atoms with Gasteiger partial charge >= 0.3 is 6.03 Å². The first-order chi connectivity index (χ1) is 12.0. The van der Waals surface area contributed by atoms with Gasteiger partial charge in [-0.3, -0.25) is 9.78 Å². The molecule has 25 heavy (non-hydrogen) atoms. The molecule has 134 valence electrons. The van der Waals surface area contributed by atoms with Crippen LogP contribution in [0.4, 0.5) is 4.79 Å². The number of morpholine rings is 1. The van der Waals surface area contributed by atoms with Crippen molar-refractivity contribution in [3.8, 4) is 0 Å². The third-order valence-electron chi connectivity index (χ3n) is 5.48. The molecule has 2 saturated heterocycles. The van der Waals surface area contributed by atoms with Gasteiger partial charge in [-0.1, -0.05) is 6.07 Å². The second-order valence-corrected chi connectivity index (χ2v) is 7.35. The van der Waals surface area contributed by atoms with Crippen LogP contribution in [0.5, 0.6) is 0 Å². The monoisotopic (exact) mass is 344 g/mol. The maximum absolute atomic E-state index is 12.5. The molecule has 3 heterocycles. The Balaban J connectivity index is 1.32. The summed E-state index contributed by atoms with van der Waals surface area (Å²) < 4.78 is 5.78. The molecule has 2 fully saturated rings. The summed E-state index contributed by atoms with van der Waals surface area (Å²) in [4.78, 5) is 32.0. The van der Waals surface area contributed by atoms with Gasteiger partial charge in [0.2, 0.25) is 5.91 Å². The van der Waals surface area contributed by atoms with E-state index in [1.807, 2.05) is 6.20 Å². The zero-order valence-corrected chi connectivity index (χ0v) is 14.6. The number of hydrogen-bond acceptors (Lipinski definition) is 4. The normalized spacial score (nSPS) is 25.6. The Labute approximate surface area is 147 Å². The highest BCUT2D eigenvalue weighted by molar-refractivity contribution is 5.78. The third kappa shape index (κ3) is 3.20. The van der Waals surface area contributed by atoms with Gasteiger partial charge in [0.15, 0.2) is 0 Å². The number of pyridine rings is 1. The summed E-state index contributed by atoms with van der Waals surface area (Å²) >= 11 is 0. The van der Waals surface area contributed by atoms with Crippen molar-refractivity contribution in [3.63, 3.8) is 0 Å². The van der Waals surface area contributed by atoms with Gasteiger partial charge in [0.1, 0.15) is 12.2 Å². The lowest BCUT2D eigenvalue weighted by Gasteiger charge is -2.38. The van der Waals surface area contributed by atoms with Crippen LogP contribution < -0.4 is 5.32 Å². The Morgan fingerprint density at radius 2 is 2.28 bits per heavy atom. The van der Waals surface area contributed by atoms with Crippen molar-refractivity contribution >= 4 is 11.9 Å². The average molecular weight is 344 g/mol. The van der Waals surface area contributed by atoms with Crippen LogP contribution in [0.2, 0.25) is 0 Å². The Kier molecular flexibility index (Phi) is 4.11. The van der Waals surface area contributed by atoms with Crippen molar-refractivity contribution < 1.29 is 14.3 Å². The highest BCUT2D eigenvalue weighted by Crippen LogP contribution is 2.29. The van der Waals surface area contributed by atoms with Crippen LogP contribution in [0.1, 0.15) is 29.7 Å². The summed E-state index contributed by atoms with van der Waals surface area (Å²) in [6, 6.07) is 2.08. The van der Waals surface area contributed by atoms with Gasteiger partial charge in [-0.15, -0.1) is 0 Å². The predicted molar refractivity (Wildman–Crippen MR) is 91.0 cm³/mol. The number of urea groups is 1. The molecule has 1 aromatic heterocycles. The molecule has 2 aliphatic heterocycles. The Bertz CT molecular complexity index is 708. The summed E-state index contributed by atoms with van der Waals surface area (Å²) in [6.07, 6.45) is 5.95. The zero-order chi connectivity index (χ0) is 17.4. The fourth-order valence-electron chi connectivity index (χ4n) is 4.02. The van der Waals surface area contributed by atoms with E-state index in [9.17, 15) is 9.59 Å². The smallest absolute Gasteiger partial charge is 0.317 e. The number of carbonyl (C=O) groups is 2. The largest absolute Gasteiger partial charge is 0.361 e. The quantitative estimate of drug-likeness (QED) is 0.858. The van der Waals surface area contributed by atoms with Crippen molar-refractivity contribution in [1.82, 2.24) is 20.1 Å². The molecule has 7 heteroatoms. The summed E-state index contributed by atoms with van der Waals surface area (Å²) in [5.74, 6) is -0.00219. The number of hydrogen-bond donors (Lipinski definition) is 1. The van der Waals surface area contributed by atoms with Crippen molar-refractivity contribution in [2.24, 2.45) is 0 Å². The maximum atomic E-state index is 12.5. The SMILES string of the molecule is CN1C[C@]2(CCN(C(=O)NCc3cnc4c(c3)CCC4)C2)OCC1=O. The molecule has 3 amide bonds. The topological polar surface area (TPSA) is 74.8 Å². The van der Waals surface area contributed by atoms with Crippen molar-refractivity contribution in [1.29, 1.82) is 0 Å². The number of likely N-dealkylation sites (N-methyl/N-ethyl adjacent to an activating group) is 1. The van der Waals surface area contributed by atoms with Crippen LogP contribution >= 0.6 is 0 Å². The van der Waals surface area contributed by atoms with Crippen LogP contribution in [-0.4, -0.2) is 65.6 Å². The number of aromatic nitrogens is 1. The molecular formula is C18H24N4O3. The van der Waals surface area contributed by atoms with E-state index in [0.717, 1.165) is 24.8 Å². The van der Waals surface area contributed by atoms with Crippen LogP contribution in [0.15, 0.2) is 12.3 Å². The van der Waals surface area contributed by atoms with E-state index in [1.165, 1.54) is 17.7 Å². The first kappa shape index (κ1) is 16.3. The lowest BCUT2D eigenvalue weighted by molar-refractivity contribution is -0.158. The Morgan fingerprint density at radius 1 is 1.40 bits per heavy atom. The van der Waals surface area contributed by atoms with Gasteiger partial charge in [0.25, 0.3) is 0 Å². The van der Waals surface area contributed by atoms with Crippen LogP contribution in [0.3, 0.4) is 0 Å². The number of ether oxygens (including phenoxy) is 1. The summed E-state index contributed by atoms with van der Waals surface area (Å²) in [5.41, 5.74) is 3.15. The van der Waals surface area contributed by atoms with Crippen LogP contribution in [0, 0.1) is 0 Å². The fraction of sp³-hybridized carbons (Fsp3) is 0.611. The molecule has 1 aliphatic carbocycles. The lowest BCUT2D eigenvalue weighted by Crippen LogP contribution is -2.55. The highest BCUT2D eigenvalue weighted by atomic mass is 16.5. The summed E-state index contributed by atoms with van der Waals surface area (Å²) in [5, 5.41) is 2.98. The summed E-state index contributed by atoms with van der Waals surface area (Å²) in [6.45, 7) is 2.31. The van der Waals surface area contributed by atoms with E-state index in [4.69, 9.17) is 4.74 Å². The van der Waals surface area contributed by atoms with E-state index >= 15 is 0 Å². The van der Waals surface area contributed by atoms with E-state index in [1.54, 1.807) is 16.8 Å². The minimum absolute atomic E-state index is 0.00219. The van der Waals surface area contributed by atoms with Crippen molar-refractivity contribution in [2.75, 3.05) is 33.3 Å². The maximum Gasteiger partial charge on any atom is 0.317 e.